The fourth-order valence-electron chi connectivity index (χ4n) is 1.21. The molecule has 0 radical (unpaired) electrons. The molecule has 0 aliphatic carbocycles. The molecule has 0 saturated carbocycles. The van der Waals surface area contributed by atoms with Crippen LogP contribution in [0.4, 0.5) is 0 Å². The van der Waals surface area contributed by atoms with Gasteiger partial charge < -0.3 is 4.18 Å². The summed E-state index contributed by atoms with van der Waals surface area (Å²) >= 11 is 3.30. The molecule has 1 aromatic carbocycles. The summed E-state index contributed by atoms with van der Waals surface area (Å²) in [7, 11) is -3.78. The molecule has 74 valence electrons. The van der Waals surface area contributed by atoms with E-state index in [1.165, 1.54) is 6.21 Å². The Morgan fingerprint density at radius 2 is 2.14 bits per heavy atom. The molecule has 0 fully saturated rings. The van der Waals surface area contributed by atoms with E-state index in [4.69, 9.17) is 4.18 Å². The quantitative estimate of drug-likeness (QED) is 0.726. The maximum absolute atomic E-state index is 11.0. The van der Waals surface area contributed by atoms with Gasteiger partial charge in [-0.2, -0.15) is 8.42 Å². The van der Waals surface area contributed by atoms with E-state index in [0.717, 1.165) is 10.0 Å². The smallest absolute Gasteiger partial charge is 0.365 e. The third-order valence-electron chi connectivity index (χ3n) is 1.78. The van der Waals surface area contributed by atoms with E-state index in [-0.39, 0.29) is 0 Å². The topological polar surface area (TPSA) is 55.7 Å². The number of halogens is 1. The van der Waals surface area contributed by atoms with Crippen LogP contribution in [-0.4, -0.2) is 14.6 Å². The van der Waals surface area contributed by atoms with Crippen molar-refractivity contribution in [2.24, 2.45) is 4.40 Å². The van der Waals surface area contributed by atoms with E-state index in [2.05, 4.69) is 20.3 Å². The minimum Gasteiger partial charge on any atom is -0.365 e. The maximum Gasteiger partial charge on any atom is 0.428 e. The number of nitrogens with zero attached hydrogens (tertiary/aromatic N) is 1. The molecular formula is C8H6BrNO3S. The summed E-state index contributed by atoms with van der Waals surface area (Å²) in [4.78, 5) is 0. The van der Waals surface area contributed by atoms with Gasteiger partial charge in [-0.05, 0) is 24.6 Å². The van der Waals surface area contributed by atoms with Crippen molar-refractivity contribution in [2.75, 3.05) is 0 Å². The number of fused-ring (bicyclic) bond motifs is 1. The van der Waals surface area contributed by atoms with Crippen LogP contribution in [0.2, 0.25) is 0 Å². The van der Waals surface area contributed by atoms with Gasteiger partial charge >= 0.3 is 10.3 Å². The monoisotopic (exact) mass is 275 g/mol. The summed E-state index contributed by atoms with van der Waals surface area (Å²) in [6, 6.07) is 3.54. The molecule has 14 heavy (non-hydrogen) atoms. The van der Waals surface area contributed by atoms with E-state index in [1.807, 2.05) is 0 Å². The predicted octanol–water partition coefficient (Wildman–Crippen LogP) is 1.81. The van der Waals surface area contributed by atoms with Crippen molar-refractivity contribution in [1.82, 2.24) is 0 Å². The number of aryl methyl sites for hydroxylation is 1. The highest BCUT2D eigenvalue weighted by Crippen LogP contribution is 2.30. The van der Waals surface area contributed by atoms with E-state index >= 15 is 0 Å². The van der Waals surface area contributed by atoms with Crippen LogP contribution in [-0.2, 0) is 10.3 Å². The summed E-state index contributed by atoms with van der Waals surface area (Å²) in [6.45, 7) is 1.78. The van der Waals surface area contributed by atoms with Crippen molar-refractivity contribution < 1.29 is 12.6 Å². The Labute approximate surface area is 90.0 Å². The SMILES string of the molecule is Cc1cc(Br)cc2c1OS(=O)(=O)N=C2. The van der Waals surface area contributed by atoms with E-state index in [9.17, 15) is 8.42 Å². The first kappa shape index (κ1) is 9.67. The molecule has 4 nitrogen and oxygen atoms in total. The van der Waals surface area contributed by atoms with Crippen LogP contribution in [0.25, 0.3) is 0 Å². The van der Waals surface area contributed by atoms with Crippen LogP contribution in [0, 0.1) is 6.92 Å². The van der Waals surface area contributed by atoms with Gasteiger partial charge in [-0.3, -0.25) is 0 Å². The molecule has 0 N–H and O–H groups in total. The lowest BCUT2D eigenvalue weighted by Gasteiger charge is -2.13. The number of hydrogen-bond donors (Lipinski definition) is 0. The summed E-state index contributed by atoms with van der Waals surface area (Å²) in [6.07, 6.45) is 1.28. The van der Waals surface area contributed by atoms with Crippen molar-refractivity contribution >= 4 is 32.4 Å². The van der Waals surface area contributed by atoms with Crippen LogP contribution >= 0.6 is 15.9 Å². The van der Waals surface area contributed by atoms with Gasteiger partial charge in [0.2, 0.25) is 0 Å². The molecule has 0 bridgehead atoms. The number of rotatable bonds is 0. The van der Waals surface area contributed by atoms with Gasteiger partial charge in [-0.15, -0.1) is 4.40 Å². The fourth-order valence-corrected chi connectivity index (χ4v) is 2.53. The largest absolute Gasteiger partial charge is 0.428 e. The summed E-state index contributed by atoms with van der Waals surface area (Å²) < 4.78 is 30.9. The van der Waals surface area contributed by atoms with Crippen molar-refractivity contribution in [3.05, 3.63) is 27.7 Å². The highest BCUT2D eigenvalue weighted by molar-refractivity contribution is 9.10. The Kier molecular flexibility index (Phi) is 2.11. The van der Waals surface area contributed by atoms with Gasteiger partial charge in [-0.25, -0.2) is 0 Å². The highest BCUT2D eigenvalue weighted by Gasteiger charge is 2.20. The summed E-state index contributed by atoms with van der Waals surface area (Å²) in [5.74, 6) is 0.350. The first-order chi connectivity index (χ1) is 6.48. The second kappa shape index (κ2) is 3.06. The first-order valence-corrected chi connectivity index (χ1v) is 5.94. The predicted molar refractivity (Wildman–Crippen MR) is 56.0 cm³/mol. The zero-order valence-electron chi connectivity index (χ0n) is 7.19. The van der Waals surface area contributed by atoms with E-state index in [0.29, 0.717) is 11.3 Å². The summed E-state index contributed by atoms with van der Waals surface area (Å²) in [5, 5.41) is 0. The second-order valence-electron chi connectivity index (χ2n) is 2.89. The fraction of sp³-hybridized carbons (Fsp3) is 0.125. The molecule has 2 rings (SSSR count). The molecule has 0 spiro atoms. The lowest BCUT2D eigenvalue weighted by Crippen LogP contribution is -2.13. The first-order valence-electron chi connectivity index (χ1n) is 3.78. The Morgan fingerprint density at radius 1 is 1.43 bits per heavy atom. The summed E-state index contributed by atoms with van der Waals surface area (Å²) in [5.41, 5.74) is 1.41. The van der Waals surface area contributed by atoms with Gasteiger partial charge in [0.25, 0.3) is 0 Å². The van der Waals surface area contributed by atoms with Crippen molar-refractivity contribution in [3.63, 3.8) is 0 Å². The number of hydrogen-bond acceptors (Lipinski definition) is 3. The van der Waals surface area contributed by atoms with Crippen LogP contribution in [0.5, 0.6) is 5.75 Å². The normalized spacial score (nSPS) is 17.3. The second-order valence-corrected chi connectivity index (χ2v) is 5.04. The van der Waals surface area contributed by atoms with Gasteiger partial charge in [0, 0.05) is 10.0 Å². The van der Waals surface area contributed by atoms with Crippen molar-refractivity contribution in [1.29, 1.82) is 0 Å². The Morgan fingerprint density at radius 3 is 2.86 bits per heavy atom. The lowest BCUT2D eigenvalue weighted by atomic mass is 10.1. The molecule has 1 heterocycles. The van der Waals surface area contributed by atoms with E-state index in [1.54, 1.807) is 19.1 Å². The molecule has 0 atom stereocenters. The molecular weight excluding hydrogens is 270 g/mol. The molecule has 1 aliphatic rings. The highest BCUT2D eigenvalue weighted by atomic mass is 79.9. The molecule has 0 saturated heterocycles. The average molecular weight is 276 g/mol. The molecule has 6 heteroatoms. The zero-order valence-corrected chi connectivity index (χ0v) is 9.59. The third kappa shape index (κ3) is 1.67. The van der Waals surface area contributed by atoms with Crippen LogP contribution in [0.1, 0.15) is 11.1 Å². The molecule has 0 amide bonds. The lowest BCUT2D eigenvalue weighted by molar-refractivity contribution is 0.483. The molecule has 1 aliphatic heterocycles. The standard InChI is InChI=1S/C8H6BrNO3S/c1-5-2-7(9)3-6-4-10-14(11,12)13-8(5)6/h2-4H,1H3. The van der Waals surface area contributed by atoms with Crippen LogP contribution < -0.4 is 4.18 Å². The minimum atomic E-state index is -3.78. The molecule has 0 unspecified atom stereocenters. The zero-order chi connectivity index (χ0) is 10.3. The molecule has 0 aromatic heterocycles. The van der Waals surface area contributed by atoms with E-state index < -0.39 is 10.3 Å². The van der Waals surface area contributed by atoms with Crippen molar-refractivity contribution in [2.45, 2.75) is 6.92 Å². The molecule has 1 aromatic rings. The van der Waals surface area contributed by atoms with Crippen molar-refractivity contribution in [3.8, 4) is 5.75 Å². The average Bonchev–Trinajstić information content (AvgIpc) is 2.06. The van der Waals surface area contributed by atoms with Gasteiger partial charge in [0.05, 0.1) is 6.21 Å². The van der Waals surface area contributed by atoms with Gasteiger partial charge in [0.15, 0.2) is 5.75 Å². The van der Waals surface area contributed by atoms with Crippen LogP contribution in [0.3, 0.4) is 0 Å². The Hall–Kier alpha value is -0.880. The Balaban J connectivity index is 2.68. The van der Waals surface area contributed by atoms with Gasteiger partial charge in [0.1, 0.15) is 0 Å². The minimum absolute atomic E-state index is 0.350. The maximum atomic E-state index is 11.0. The van der Waals surface area contributed by atoms with Crippen LogP contribution in [0.15, 0.2) is 21.0 Å². The van der Waals surface area contributed by atoms with Gasteiger partial charge in [-0.1, -0.05) is 15.9 Å². The number of benzene rings is 1. The third-order valence-corrected chi connectivity index (χ3v) is 2.98. The Bertz CT molecular complexity index is 522.